The number of cyclic esters (lactones) is 2. The fourth-order valence-corrected chi connectivity index (χ4v) is 6.03. The van der Waals surface area contributed by atoms with Gasteiger partial charge in [-0.2, -0.15) is 0 Å². The molecule has 4 aliphatic heterocycles. The van der Waals surface area contributed by atoms with Crippen LogP contribution in [0.15, 0.2) is 65.8 Å². The number of anilines is 4. The molecule has 0 saturated carbocycles. The standard InChI is InChI=1S/C22H21FN4O6.C15H17FN4O4/c1-13(28)25-11-15-12-26(22(31)33-15)14-6-7-19(18(23)10-14)24-8-9-32-27-20(29)16-4-2-3-5-17(16)21(27)30;1-10(21)17-7-12-8-20(15(22)24-12)11-2-3-14(13(16)6-11)19-4-5-23-18-9-19/h2-7,10,15,24H,8-9,11-12H2,1H3,(H,25,28);2-3,6,9,12H,4-5,7-8H2,1H3,(H,17,21)/t15-;12-/m00/s1. The maximum Gasteiger partial charge on any atom is 0.414 e. The van der Waals surface area contributed by atoms with Gasteiger partial charge in [-0.05, 0) is 48.5 Å². The fourth-order valence-electron chi connectivity index (χ4n) is 6.03. The maximum absolute atomic E-state index is 14.6. The van der Waals surface area contributed by atoms with Crippen LogP contribution in [0.5, 0.6) is 0 Å². The molecule has 6 amide bonds. The Morgan fingerprint density at radius 3 is 1.88 bits per heavy atom. The number of carbonyl (C=O) groups excluding carboxylic acids is 6. The largest absolute Gasteiger partial charge is 0.442 e. The van der Waals surface area contributed by atoms with Crippen LogP contribution in [-0.4, -0.2) is 112 Å². The van der Waals surface area contributed by atoms with Crippen molar-refractivity contribution >= 4 is 64.9 Å². The van der Waals surface area contributed by atoms with Crippen LogP contribution >= 0.6 is 0 Å². The zero-order valence-corrected chi connectivity index (χ0v) is 30.7. The van der Waals surface area contributed by atoms with E-state index in [2.05, 4.69) is 21.1 Å². The van der Waals surface area contributed by atoms with Gasteiger partial charge in [-0.3, -0.25) is 33.8 Å². The average molecular weight is 793 g/mol. The third-order valence-corrected chi connectivity index (χ3v) is 8.80. The predicted octanol–water partition coefficient (Wildman–Crippen LogP) is 2.99. The van der Waals surface area contributed by atoms with Crippen molar-refractivity contribution in [3.05, 3.63) is 83.4 Å². The number of carbonyl (C=O) groups is 6. The van der Waals surface area contributed by atoms with Crippen LogP contribution in [0, 0.1) is 11.6 Å². The van der Waals surface area contributed by atoms with Gasteiger partial charge in [-0.1, -0.05) is 17.3 Å². The molecule has 20 heteroatoms. The molecule has 2 fully saturated rings. The molecule has 0 aromatic heterocycles. The molecule has 0 bridgehead atoms. The topological polar surface area (TPSA) is 201 Å². The molecule has 57 heavy (non-hydrogen) atoms. The van der Waals surface area contributed by atoms with Crippen LogP contribution in [0.2, 0.25) is 0 Å². The molecule has 2 saturated heterocycles. The van der Waals surface area contributed by atoms with Crippen LogP contribution in [-0.2, 0) is 28.7 Å². The van der Waals surface area contributed by atoms with Crippen LogP contribution in [0.25, 0.3) is 0 Å². The van der Waals surface area contributed by atoms with Crippen molar-refractivity contribution < 1.29 is 56.7 Å². The van der Waals surface area contributed by atoms with Crippen LogP contribution < -0.4 is 30.7 Å². The van der Waals surface area contributed by atoms with Gasteiger partial charge in [-0.15, -0.1) is 5.06 Å². The molecule has 3 aromatic carbocycles. The summed E-state index contributed by atoms with van der Waals surface area (Å²) in [6.45, 7) is 4.50. The van der Waals surface area contributed by atoms with E-state index in [0.29, 0.717) is 35.3 Å². The molecule has 3 aromatic rings. The number of hydrogen-bond donors (Lipinski definition) is 3. The molecule has 4 heterocycles. The van der Waals surface area contributed by atoms with Crippen molar-refractivity contribution in [2.45, 2.75) is 26.1 Å². The van der Waals surface area contributed by atoms with Gasteiger partial charge in [0.25, 0.3) is 11.8 Å². The Kier molecular flexibility index (Phi) is 12.4. The quantitative estimate of drug-likeness (QED) is 0.179. The zero-order chi connectivity index (χ0) is 40.6. The number of imide groups is 1. The number of ether oxygens (including phenoxy) is 2. The molecule has 3 N–H and O–H groups in total. The first kappa shape index (κ1) is 39.9. The number of oxime groups is 1. The normalized spacial score (nSPS) is 18.4. The summed E-state index contributed by atoms with van der Waals surface area (Å²) in [6, 6.07) is 15.1. The van der Waals surface area contributed by atoms with Crippen molar-refractivity contribution in [3.8, 4) is 0 Å². The second-order valence-corrected chi connectivity index (χ2v) is 12.9. The van der Waals surface area contributed by atoms with Gasteiger partial charge in [0.2, 0.25) is 11.8 Å². The molecule has 300 valence electrons. The minimum Gasteiger partial charge on any atom is -0.442 e. The SMILES string of the molecule is CC(=O)NC[C@H]1CN(c2ccc(N3C=NOCC3)c(F)c2)C(=O)O1.CC(=O)NC[C@H]1CN(c2ccc(NCCON3C(=O)c4ccccc4C3=O)c(F)c2)C(=O)O1. The van der Waals surface area contributed by atoms with Crippen molar-refractivity contribution in [2.24, 2.45) is 5.16 Å². The minimum atomic E-state index is -0.625. The Bertz CT molecular complexity index is 2050. The van der Waals surface area contributed by atoms with Crippen molar-refractivity contribution in [3.63, 3.8) is 0 Å². The van der Waals surface area contributed by atoms with Crippen LogP contribution in [0.1, 0.15) is 34.6 Å². The third-order valence-electron chi connectivity index (χ3n) is 8.80. The van der Waals surface area contributed by atoms with Crippen LogP contribution in [0.3, 0.4) is 0 Å². The van der Waals surface area contributed by atoms with Gasteiger partial charge in [0.1, 0.15) is 36.8 Å². The summed E-state index contributed by atoms with van der Waals surface area (Å²) >= 11 is 0. The van der Waals surface area contributed by atoms with Gasteiger partial charge < -0.3 is 35.2 Å². The van der Waals surface area contributed by atoms with Crippen LogP contribution in [0.4, 0.5) is 41.1 Å². The Hall–Kier alpha value is -6.83. The summed E-state index contributed by atoms with van der Waals surface area (Å²) < 4.78 is 39.3. The molecule has 0 aliphatic carbocycles. The van der Waals surface area contributed by atoms with E-state index in [4.69, 9.17) is 19.1 Å². The maximum atomic E-state index is 14.6. The second-order valence-electron chi connectivity index (χ2n) is 12.9. The van der Waals surface area contributed by atoms with Gasteiger partial charge in [0.05, 0.1) is 73.2 Å². The number of fused-ring (bicyclic) bond motifs is 1. The highest BCUT2D eigenvalue weighted by molar-refractivity contribution is 6.20. The lowest BCUT2D eigenvalue weighted by molar-refractivity contribution is -0.120. The predicted molar refractivity (Wildman–Crippen MR) is 199 cm³/mol. The van der Waals surface area contributed by atoms with Crippen molar-refractivity contribution in [1.82, 2.24) is 15.7 Å². The number of hydrogen-bond acceptors (Lipinski definition) is 13. The van der Waals surface area contributed by atoms with E-state index < -0.39 is 47.8 Å². The first-order valence-corrected chi connectivity index (χ1v) is 17.7. The number of benzene rings is 3. The zero-order valence-electron chi connectivity index (χ0n) is 30.7. The number of nitrogens with zero attached hydrogens (tertiary/aromatic N) is 5. The summed E-state index contributed by atoms with van der Waals surface area (Å²) in [5, 5.41) is 12.3. The number of nitrogens with one attached hydrogen (secondary N) is 3. The van der Waals surface area contributed by atoms with Gasteiger partial charge in [0.15, 0.2) is 0 Å². The molecular weight excluding hydrogens is 754 g/mol. The highest BCUT2D eigenvalue weighted by atomic mass is 19.1. The number of rotatable bonds is 12. The van der Waals surface area contributed by atoms with Crippen molar-refractivity contribution in [1.29, 1.82) is 0 Å². The summed E-state index contributed by atoms with van der Waals surface area (Å²) in [4.78, 5) is 84.8. The summed E-state index contributed by atoms with van der Waals surface area (Å²) in [6.07, 6.45) is -0.767. The molecule has 2 atom stereocenters. The molecule has 18 nitrogen and oxygen atoms in total. The van der Waals surface area contributed by atoms with E-state index in [0.717, 1.165) is 0 Å². The number of amides is 6. The lowest BCUT2D eigenvalue weighted by atomic mass is 10.1. The Labute approximate surface area is 324 Å². The summed E-state index contributed by atoms with van der Waals surface area (Å²) in [5.74, 6) is -2.60. The molecular formula is C37H38F2N8O10. The van der Waals surface area contributed by atoms with E-state index in [9.17, 15) is 37.5 Å². The molecule has 0 spiro atoms. The molecule has 7 rings (SSSR count). The lowest BCUT2D eigenvalue weighted by Gasteiger charge is -2.23. The summed E-state index contributed by atoms with van der Waals surface area (Å²) in [5.41, 5.74) is 1.78. The lowest BCUT2D eigenvalue weighted by Crippen LogP contribution is -2.33. The average Bonchev–Trinajstić information content (AvgIpc) is 3.84. The minimum absolute atomic E-state index is 0.0596. The molecule has 0 unspecified atom stereocenters. The van der Waals surface area contributed by atoms with Crippen molar-refractivity contribution in [2.75, 3.05) is 72.5 Å². The Balaban J connectivity index is 0.000000203. The second kappa shape index (κ2) is 17.8. The molecule has 0 radical (unpaired) electrons. The first-order chi connectivity index (χ1) is 27.4. The summed E-state index contributed by atoms with van der Waals surface area (Å²) in [7, 11) is 0. The number of hydroxylamine groups is 2. The van der Waals surface area contributed by atoms with E-state index in [1.54, 1.807) is 47.4 Å². The smallest absolute Gasteiger partial charge is 0.414 e. The highest BCUT2D eigenvalue weighted by Crippen LogP contribution is 2.29. The van der Waals surface area contributed by atoms with E-state index in [1.807, 2.05) is 0 Å². The highest BCUT2D eigenvalue weighted by Gasteiger charge is 2.37. The van der Waals surface area contributed by atoms with E-state index in [1.165, 1.54) is 48.2 Å². The third kappa shape index (κ3) is 9.53. The molecule has 4 aliphatic rings. The van der Waals surface area contributed by atoms with E-state index >= 15 is 0 Å². The number of halogens is 2. The first-order valence-electron chi connectivity index (χ1n) is 17.7. The van der Waals surface area contributed by atoms with Gasteiger partial charge in [0, 0.05) is 20.4 Å². The fraction of sp³-hybridized carbons (Fsp3) is 0.324. The Morgan fingerprint density at radius 1 is 0.807 bits per heavy atom. The van der Waals surface area contributed by atoms with Gasteiger partial charge in [-0.25, -0.2) is 18.4 Å². The van der Waals surface area contributed by atoms with Gasteiger partial charge >= 0.3 is 12.2 Å². The Morgan fingerprint density at radius 2 is 1.37 bits per heavy atom. The monoisotopic (exact) mass is 792 g/mol. The van der Waals surface area contributed by atoms with E-state index in [-0.39, 0.29) is 68.0 Å².